The topological polar surface area (TPSA) is 33.7 Å². The van der Waals surface area contributed by atoms with Gasteiger partial charge >= 0.3 is 0 Å². The van der Waals surface area contributed by atoms with Gasteiger partial charge in [-0.2, -0.15) is 0 Å². The molecule has 2 saturated heterocycles. The molecule has 0 radical (unpaired) electrons. The molecule has 122 valence electrons. The summed E-state index contributed by atoms with van der Waals surface area (Å²) in [7, 11) is 2.28. The second-order valence-corrected chi connectivity index (χ2v) is 7.59. The molecule has 0 amide bonds. The molecule has 3 rings (SSSR count). The zero-order valence-corrected chi connectivity index (χ0v) is 13.6. The second kappa shape index (κ2) is 7.40. The van der Waals surface area contributed by atoms with Gasteiger partial charge < -0.3 is 19.7 Å². The third-order valence-electron chi connectivity index (χ3n) is 5.18. The number of ether oxygens (including phenoxy) is 2. The quantitative estimate of drug-likeness (QED) is 0.778. The van der Waals surface area contributed by atoms with E-state index in [1.165, 1.54) is 45.1 Å². The van der Waals surface area contributed by atoms with E-state index in [1.807, 2.05) is 0 Å². The van der Waals surface area contributed by atoms with Gasteiger partial charge in [0.15, 0.2) is 0 Å². The minimum absolute atomic E-state index is 0.325. The fraction of sp³-hybridized carbons (Fsp3) is 1.00. The molecule has 2 heterocycles. The fourth-order valence-electron chi connectivity index (χ4n) is 3.91. The molecule has 1 aliphatic carbocycles. The van der Waals surface area contributed by atoms with E-state index in [4.69, 9.17) is 9.47 Å². The highest BCUT2D eigenvalue weighted by molar-refractivity contribution is 4.91. The normalized spacial score (nSPS) is 34.3. The van der Waals surface area contributed by atoms with Crippen LogP contribution in [0.5, 0.6) is 0 Å². The maximum Gasteiger partial charge on any atom is 0.0546 e. The van der Waals surface area contributed by atoms with Crippen LogP contribution in [0.1, 0.15) is 38.5 Å². The van der Waals surface area contributed by atoms with Crippen molar-refractivity contribution in [1.82, 2.24) is 10.2 Å². The minimum atomic E-state index is 0.325. The van der Waals surface area contributed by atoms with Gasteiger partial charge in [0.05, 0.1) is 13.2 Å². The predicted molar refractivity (Wildman–Crippen MR) is 84.6 cm³/mol. The van der Waals surface area contributed by atoms with Crippen LogP contribution in [0.15, 0.2) is 0 Å². The summed E-state index contributed by atoms with van der Waals surface area (Å²) in [6.07, 6.45) is 7.81. The van der Waals surface area contributed by atoms with Crippen molar-refractivity contribution in [2.45, 2.75) is 44.6 Å². The molecular weight excluding hydrogens is 264 g/mol. The number of hydrogen-bond donors (Lipinski definition) is 1. The molecule has 1 saturated carbocycles. The number of nitrogens with one attached hydrogen (secondary N) is 1. The lowest BCUT2D eigenvalue weighted by molar-refractivity contribution is -0.0292. The van der Waals surface area contributed by atoms with Crippen molar-refractivity contribution in [2.24, 2.45) is 11.3 Å². The smallest absolute Gasteiger partial charge is 0.0546 e. The summed E-state index contributed by atoms with van der Waals surface area (Å²) in [6.45, 7) is 7.25. The van der Waals surface area contributed by atoms with Crippen molar-refractivity contribution in [3.8, 4) is 0 Å². The predicted octanol–water partition coefficient (Wildman–Crippen LogP) is 1.89. The van der Waals surface area contributed by atoms with Gasteiger partial charge in [0.1, 0.15) is 0 Å². The SMILES string of the molecule is CN(CC1CCCOC1)CC1(CNC2CC2)CCCOC1. The van der Waals surface area contributed by atoms with Crippen molar-refractivity contribution < 1.29 is 9.47 Å². The molecule has 0 bridgehead atoms. The molecule has 2 unspecified atom stereocenters. The van der Waals surface area contributed by atoms with Crippen LogP contribution in [0.25, 0.3) is 0 Å². The number of hydrogen-bond acceptors (Lipinski definition) is 4. The molecule has 0 spiro atoms. The molecule has 0 aromatic carbocycles. The Morgan fingerprint density at radius 3 is 2.67 bits per heavy atom. The van der Waals surface area contributed by atoms with Crippen LogP contribution in [0.2, 0.25) is 0 Å². The second-order valence-electron chi connectivity index (χ2n) is 7.59. The molecule has 1 N–H and O–H groups in total. The van der Waals surface area contributed by atoms with Crippen LogP contribution in [0.3, 0.4) is 0 Å². The van der Waals surface area contributed by atoms with Crippen molar-refractivity contribution >= 4 is 0 Å². The van der Waals surface area contributed by atoms with Crippen molar-refractivity contribution in [2.75, 3.05) is 53.1 Å². The van der Waals surface area contributed by atoms with Crippen LogP contribution in [-0.4, -0.2) is 64.1 Å². The van der Waals surface area contributed by atoms with Gasteiger partial charge in [-0.3, -0.25) is 0 Å². The van der Waals surface area contributed by atoms with Crippen LogP contribution in [-0.2, 0) is 9.47 Å². The highest BCUT2D eigenvalue weighted by atomic mass is 16.5. The van der Waals surface area contributed by atoms with E-state index in [9.17, 15) is 0 Å². The first-order valence-corrected chi connectivity index (χ1v) is 8.83. The summed E-state index contributed by atoms with van der Waals surface area (Å²) < 4.78 is 11.5. The Morgan fingerprint density at radius 1 is 1.14 bits per heavy atom. The zero-order chi connectivity index (χ0) is 14.5. The maximum atomic E-state index is 5.84. The third kappa shape index (κ3) is 4.92. The highest BCUT2D eigenvalue weighted by Crippen LogP contribution is 2.31. The lowest BCUT2D eigenvalue weighted by Gasteiger charge is -2.41. The summed E-state index contributed by atoms with van der Waals surface area (Å²) in [6, 6.07) is 0.792. The van der Waals surface area contributed by atoms with Crippen LogP contribution >= 0.6 is 0 Å². The highest BCUT2D eigenvalue weighted by Gasteiger charge is 2.36. The third-order valence-corrected chi connectivity index (χ3v) is 5.18. The summed E-state index contributed by atoms with van der Waals surface area (Å²) in [5.74, 6) is 0.724. The Balaban J connectivity index is 1.49. The van der Waals surface area contributed by atoms with Crippen molar-refractivity contribution in [3.63, 3.8) is 0 Å². The lowest BCUT2D eigenvalue weighted by Crippen LogP contribution is -2.49. The first-order chi connectivity index (χ1) is 10.3. The average Bonchev–Trinajstić information content (AvgIpc) is 3.31. The van der Waals surface area contributed by atoms with Gasteiger partial charge in [-0.25, -0.2) is 0 Å². The Hall–Kier alpha value is -0.160. The molecule has 2 aliphatic heterocycles. The molecule has 2 atom stereocenters. The standard InChI is InChI=1S/C17H32N2O2/c1-19(10-15-4-2-8-20-11-15)13-17(7-3-9-21-14-17)12-18-16-5-6-16/h15-16,18H,2-14H2,1H3. The Labute approximate surface area is 129 Å². The van der Waals surface area contributed by atoms with E-state index in [2.05, 4.69) is 17.3 Å². The zero-order valence-electron chi connectivity index (χ0n) is 13.6. The number of nitrogens with zero attached hydrogens (tertiary/aromatic N) is 1. The molecular formula is C17H32N2O2. The minimum Gasteiger partial charge on any atom is -0.381 e. The molecule has 4 heteroatoms. The fourth-order valence-corrected chi connectivity index (χ4v) is 3.91. The Kier molecular flexibility index (Phi) is 5.54. The van der Waals surface area contributed by atoms with Gasteiger partial charge in [0, 0.05) is 44.3 Å². The monoisotopic (exact) mass is 296 g/mol. The van der Waals surface area contributed by atoms with E-state index in [-0.39, 0.29) is 0 Å². The van der Waals surface area contributed by atoms with Gasteiger partial charge in [-0.05, 0) is 51.5 Å². The molecule has 3 fully saturated rings. The molecule has 0 aromatic rings. The molecule has 3 aliphatic rings. The first kappa shape index (κ1) is 15.7. The summed E-state index contributed by atoms with van der Waals surface area (Å²) in [4.78, 5) is 2.53. The summed E-state index contributed by atoms with van der Waals surface area (Å²) in [5, 5.41) is 3.74. The van der Waals surface area contributed by atoms with Gasteiger partial charge in [-0.15, -0.1) is 0 Å². The maximum absolute atomic E-state index is 5.84. The Bertz CT molecular complexity index is 308. The summed E-state index contributed by atoms with van der Waals surface area (Å²) in [5.41, 5.74) is 0.325. The largest absolute Gasteiger partial charge is 0.381 e. The van der Waals surface area contributed by atoms with Crippen molar-refractivity contribution in [1.29, 1.82) is 0 Å². The lowest BCUT2D eigenvalue weighted by atomic mass is 9.81. The van der Waals surface area contributed by atoms with Crippen LogP contribution in [0.4, 0.5) is 0 Å². The summed E-state index contributed by atoms with van der Waals surface area (Å²) >= 11 is 0. The van der Waals surface area contributed by atoms with E-state index in [0.29, 0.717) is 5.41 Å². The van der Waals surface area contributed by atoms with Gasteiger partial charge in [0.25, 0.3) is 0 Å². The van der Waals surface area contributed by atoms with Crippen LogP contribution in [0, 0.1) is 11.3 Å². The van der Waals surface area contributed by atoms with E-state index in [1.54, 1.807) is 0 Å². The van der Waals surface area contributed by atoms with Crippen LogP contribution < -0.4 is 5.32 Å². The molecule has 4 nitrogen and oxygen atoms in total. The van der Waals surface area contributed by atoms with E-state index in [0.717, 1.165) is 51.5 Å². The average molecular weight is 296 g/mol. The molecule has 0 aromatic heterocycles. The first-order valence-electron chi connectivity index (χ1n) is 8.83. The molecule has 21 heavy (non-hydrogen) atoms. The van der Waals surface area contributed by atoms with E-state index >= 15 is 0 Å². The van der Waals surface area contributed by atoms with Crippen molar-refractivity contribution in [3.05, 3.63) is 0 Å². The van der Waals surface area contributed by atoms with Gasteiger partial charge in [0.2, 0.25) is 0 Å². The number of rotatable bonds is 7. The van der Waals surface area contributed by atoms with Gasteiger partial charge in [-0.1, -0.05) is 0 Å². The van der Waals surface area contributed by atoms with E-state index < -0.39 is 0 Å². The Morgan fingerprint density at radius 2 is 2.00 bits per heavy atom.